The molecular weight excluding hydrogens is 184 g/mol. The Morgan fingerprint density at radius 2 is 1.87 bits per heavy atom. The largest absolute Gasteiger partial charge is 0.326 e. The van der Waals surface area contributed by atoms with Gasteiger partial charge in [0.05, 0.1) is 0 Å². The van der Waals surface area contributed by atoms with Crippen molar-refractivity contribution in [3.8, 4) is 0 Å². The van der Waals surface area contributed by atoms with Crippen molar-refractivity contribution < 1.29 is 0 Å². The van der Waals surface area contributed by atoms with Crippen LogP contribution in [0, 0.1) is 5.92 Å². The lowest BCUT2D eigenvalue weighted by molar-refractivity contribution is 0.117. The van der Waals surface area contributed by atoms with Crippen molar-refractivity contribution in [2.24, 2.45) is 11.7 Å². The Morgan fingerprint density at radius 1 is 1.27 bits per heavy atom. The molecule has 15 heavy (non-hydrogen) atoms. The zero-order valence-electron chi connectivity index (χ0n) is 10.3. The van der Waals surface area contributed by atoms with Gasteiger partial charge in [-0.1, -0.05) is 25.7 Å². The number of rotatable bonds is 5. The van der Waals surface area contributed by atoms with Crippen molar-refractivity contribution in [3.63, 3.8) is 0 Å². The third kappa shape index (κ3) is 2.36. The van der Waals surface area contributed by atoms with Gasteiger partial charge in [-0.25, -0.2) is 0 Å². The van der Waals surface area contributed by atoms with Gasteiger partial charge in [0, 0.05) is 11.6 Å². The molecule has 2 N–H and O–H groups in total. The molecule has 0 aliphatic heterocycles. The summed E-state index contributed by atoms with van der Waals surface area (Å²) in [6.07, 6.45) is 10.9. The highest BCUT2D eigenvalue weighted by atomic mass is 15.2. The fourth-order valence-electron chi connectivity index (χ4n) is 3.23. The first-order valence-electron chi connectivity index (χ1n) is 6.58. The summed E-state index contributed by atoms with van der Waals surface area (Å²) in [6, 6.07) is 0.399. The molecule has 1 unspecified atom stereocenters. The molecule has 0 spiro atoms. The van der Waals surface area contributed by atoms with Crippen LogP contribution in [-0.2, 0) is 0 Å². The van der Waals surface area contributed by atoms with Gasteiger partial charge < -0.3 is 10.6 Å². The second-order valence-corrected chi connectivity index (χ2v) is 5.83. The quantitative estimate of drug-likeness (QED) is 0.755. The molecule has 2 heteroatoms. The summed E-state index contributed by atoms with van der Waals surface area (Å²) in [4.78, 5) is 2.40. The third-order valence-electron chi connectivity index (χ3n) is 4.63. The molecule has 0 saturated heterocycles. The lowest BCUT2D eigenvalue weighted by Gasteiger charge is -2.41. The van der Waals surface area contributed by atoms with E-state index in [0.29, 0.717) is 11.6 Å². The summed E-state index contributed by atoms with van der Waals surface area (Å²) < 4.78 is 0. The molecule has 2 aliphatic rings. The number of nitrogens with two attached hydrogens (primary N) is 1. The molecule has 0 bridgehead atoms. The van der Waals surface area contributed by atoms with Crippen molar-refractivity contribution in [3.05, 3.63) is 0 Å². The van der Waals surface area contributed by atoms with Crippen LogP contribution in [0.2, 0.25) is 0 Å². The van der Waals surface area contributed by atoms with Gasteiger partial charge in [-0.3, -0.25) is 0 Å². The molecule has 0 heterocycles. The van der Waals surface area contributed by atoms with Crippen LogP contribution in [0.5, 0.6) is 0 Å². The van der Waals surface area contributed by atoms with Crippen LogP contribution >= 0.6 is 0 Å². The first-order chi connectivity index (χ1) is 7.15. The van der Waals surface area contributed by atoms with Gasteiger partial charge in [0.2, 0.25) is 0 Å². The zero-order valence-corrected chi connectivity index (χ0v) is 10.3. The molecule has 0 radical (unpaired) electrons. The standard InChI is InChI=1S/C13H26N2/c1-15(2)13(9-3-4-10-13)12(14)8-7-11-5-6-11/h11-12H,3-10,14H2,1-2H3. The minimum Gasteiger partial charge on any atom is -0.326 e. The first-order valence-corrected chi connectivity index (χ1v) is 6.58. The normalized spacial score (nSPS) is 27.2. The highest BCUT2D eigenvalue weighted by Crippen LogP contribution is 2.40. The lowest BCUT2D eigenvalue weighted by atomic mass is 9.84. The molecule has 2 rings (SSSR count). The minimum atomic E-state index is 0.328. The number of nitrogens with zero attached hydrogens (tertiary/aromatic N) is 1. The van der Waals surface area contributed by atoms with Crippen LogP contribution in [-0.4, -0.2) is 30.6 Å². The van der Waals surface area contributed by atoms with Crippen LogP contribution in [0.15, 0.2) is 0 Å². The maximum Gasteiger partial charge on any atom is 0.0354 e. The summed E-state index contributed by atoms with van der Waals surface area (Å²) in [5.74, 6) is 1.02. The van der Waals surface area contributed by atoms with Gasteiger partial charge in [0.25, 0.3) is 0 Å². The molecular formula is C13H26N2. The Bertz CT molecular complexity index is 203. The van der Waals surface area contributed by atoms with E-state index in [1.54, 1.807) is 0 Å². The summed E-state index contributed by atoms with van der Waals surface area (Å²) in [5, 5.41) is 0. The van der Waals surface area contributed by atoms with Crippen LogP contribution in [0.1, 0.15) is 51.4 Å². The van der Waals surface area contributed by atoms with Crippen LogP contribution in [0.4, 0.5) is 0 Å². The average molecular weight is 210 g/mol. The monoisotopic (exact) mass is 210 g/mol. The molecule has 2 aliphatic carbocycles. The SMILES string of the molecule is CN(C)C1(C(N)CCC2CC2)CCCC1. The first kappa shape index (κ1) is 11.4. The van der Waals surface area contributed by atoms with Crippen LogP contribution < -0.4 is 5.73 Å². The minimum absolute atomic E-state index is 0.328. The number of hydrogen-bond acceptors (Lipinski definition) is 2. The van der Waals surface area contributed by atoms with Crippen molar-refractivity contribution in [1.82, 2.24) is 4.90 Å². The molecule has 2 fully saturated rings. The molecule has 0 aromatic carbocycles. The van der Waals surface area contributed by atoms with Gasteiger partial charge >= 0.3 is 0 Å². The molecule has 0 amide bonds. The van der Waals surface area contributed by atoms with Crippen molar-refractivity contribution >= 4 is 0 Å². The van der Waals surface area contributed by atoms with Gasteiger partial charge in [0.1, 0.15) is 0 Å². The second-order valence-electron chi connectivity index (χ2n) is 5.83. The van der Waals surface area contributed by atoms with E-state index in [1.165, 1.54) is 51.4 Å². The molecule has 0 aromatic rings. The highest BCUT2D eigenvalue weighted by Gasteiger charge is 2.41. The van der Waals surface area contributed by atoms with E-state index in [4.69, 9.17) is 5.73 Å². The van der Waals surface area contributed by atoms with Gasteiger partial charge in [-0.15, -0.1) is 0 Å². The molecule has 0 aromatic heterocycles. The number of hydrogen-bond donors (Lipinski definition) is 1. The van der Waals surface area contributed by atoms with Crippen LogP contribution in [0.3, 0.4) is 0 Å². The molecule has 2 nitrogen and oxygen atoms in total. The predicted octanol–water partition coefficient (Wildman–Crippen LogP) is 2.38. The molecule has 2 saturated carbocycles. The maximum atomic E-state index is 6.45. The summed E-state index contributed by atoms with van der Waals surface area (Å²) in [6.45, 7) is 0. The Morgan fingerprint density at radius 3 is 2.33 bits per heavy atom. The van der Waals surface area contributed by atoms with Gasteiger partial charge in [-0.2, -0.15) is 0 Å². The molecule has 1 atom stereocenters. The molecule has 88 valence electrons. The van der Waals surface area contributed by atoms with E-state index < -0.39 is 0 Å². The van der Waals surface area contributed by atoms with Crippen molar-refractivity contribution in [2.45, 2.75) is 62.9 Å². The van der Waals surface area contributed by atoms with Crippen molar-refractivity contribution in [2.75, 3.05) is 14.1 Å². The highest BCUT2D eigenvalue weighted by molar-refractivity contribution is 5.00. The summed E-state index contributed by atoms with van der Waals surface area (Å²) >= 11 is 0. The van der Waals surface area contributed by atoms with E-state index >= 15 is 0 Å². The fourth-order valence-corrected chi connectivity index (χ4v) is 3.23. The predicted molar refractivity (Wildman–Crippen MR) is 64.8 cm³/mol. The van der Waals surface area contributed by atoms with Gasteiger partial charge in [0.15, 0.2) is 0 Å². The third-order valence-corrected chi connectivity index (χ3v) is 4.63. The Labute approximate surface area is 94.2 Å². The smallest absolute Gasteiger partial charge is 0.0354 e. The number of likely N-dealkylation sites (N-methyl/N-ethyl adjacent to an activating group) is 1. The van der Waals surface area contributed by atoms with Gasteiger partial charge in [-0.05, 0) is 45.7 Å². The fraction of sp³-hybridized carbons (Fsp3) is 1.00. The lowest BCUT2D eigenvalue weighted by Crippen LogP contribution is -2.55. The zero-order chi connectivity index (χ0) is 10.9. The van der Waals surface area contributed by atoms with E-state index in [-0.39, 0.29) is 0 Å². The Hall–Kier alpha value is -0.0800. The summed E-state index contributed by atoms with van der Waals surface area (Å²) in [5.41, 5.74) is 6.78. The maximum absolute atomic E-state index is 6.45. The second kappa shape index (κ2) is 4.42. The Kier molecular flexibility index (Phi) is 3.36. The summed E-state index contributed by atoms with van der Waals surface area (Å²) in [7, 11) is 4.42. The topological polar surface area (TPSA) is 29.3 Å². The van der Waals surface area contributed by atoms with E-state index in [1.807, 2.05) is 0 Å². The van der Waals surface area contributed by atoms with E-state index in [2.05, 4.69) is 19.0 Å². The van der Waals surface area contributed by atoms with Crippen molar-refractivity contribution in [1.29, 1.82) is 0 Å². The average Bonchev–Trinajstić information content (AvgIpc) is 2.89. The van der Waals surface area contributed by atoms with E-state index in [0.717, 1.165) is 5.92 Å². The van der Waals surface area contributed by atoms with E-state index in [9.17, 15) is 0 Å². The Balaban J connectivity index is 1.90. The van der Waals surface area contributed by atoms with Crippen LogP contribution in [0.25, 0.3) is 0 Å².